The van der Waals surface area contributed by atoms with E-state index in [4.69, 9.17) is 16.6 Å². The molecule has 0 bridgehead atoms. The lowest BCUT2D eigenvalue weighted by molar-refractivity contribution is -0.137. The van der Waals surface area contributed by atoms with Crippen LogP contribution in [0.4, 0.5) is 24.5 Å². The van der Waals surface area contributed by atoms with Crippen molar-refractivity contribution >= 4 is 46.6 Å². The zero-order valence-corrected chi connectivity index (χ0v) is 19.8. The van der Waals surface area contributed by atoms with Gasteiger partial charge >= 0.3 is 6.18 Å². The van der Waals surface area contributed by atoms with Gasteiger partial charge in [0, 0.05) is 5.56 Å². The molecule has 9 heteroatoms. The van der Waals surface area contributed by atoms with Crippen molar-refractivity contribution in [1.82, 2.24) is 0 Å². The summed E-state index contributed by atoms with van der Waals surface area (Å²) in [5, 5.41) is -0.0243. The molecule has 0 saturated carbocycles. The number of nitrogens with zero attached hydrogens (tertiary/aromatic N) is 2. The highest BCUT2D eigenvalue weighted by Crippen LogP contribution is 2.38. The fraction of sp³-hybridized carbons (Fsp3) is 0.0357. The van der Waals surface area contributed by atoms with E-state index in [-0.39, 0.29) is 27.8 Å². The van der Waals surface area contributed by atoms with E-state index in [1.54, 1.807) is 60.7 Å². The summed E-state index contributed by atoms with van der Waals surface area (Å²) < 4.78 is 46.1. The molecule has 0 N–H and O–H groups in total. The highest BCUT2D eigenvalue weighted by Gasteiger charge is 2.41. The Morgan fingerprint density at radius 2 is 1.22 bits per heavy atom. The van der Waals surface area contributed by atoms with E-state index in [1.165, 1.54) is 46.2 Å². The Balaban J connectivity index is 1.59. The average Bonchev–Trinajstić information content (AvgIpc) is 3.36. The third-order valence-corrected chi connectivity index (χ3v) is 6.05. The molecule has 3 aromatic carbocycles. The maximum atomic E-state index is 13.5. The second kappa shape index (κ2) is 9.51. The molecule has 0 unspecified atom stereocenters. The smallest absolute Gasteiger partial charge is 0.417 e. The summed E-state index contributed by atoms with van der Waals surface area (Å²) in [7, 11) is 0. The normalized spacial score (nSPS) is 14.4. The monoisotopic (exact) mass is 518 g/mol. The third kappa shape index (κ3) is 4.56. The first-order valence-corrected chi connectivity index (χ1v) is 11.5. The molecule has 1 aliphatic heterocycles. The van der Waals surface area contributed by atoms with Gasteiger partial charge in [0.1, 0.15) is 17.1 Å². The van der Waals surface area contributed by atoms with Gasteiger partial charge in [0.05, 0.1) is 16.9 Å². The van der Waals surface area contributed by atoms with E-state index in [9.17, 15) is 22.8 Å². The van der Waals surface area contributed by atoms with Crippen molar-refractivity contribution in [1.29, 1.82) is 0 Å². The van der Waals surface area contributed by atoms with Gasteiger partial charge in [0.15, 0.2) is 5.11 Å². The molecule has 37 heavy (non-hydrogen) atoms. The SMILES string of the molecule is O=C1C(=Cc2ccc(-c3ccccc3C(F)(F)F)o2)C(=O)N(c2ccccc2)C(=S)N1c1ccccc1. The lowest BCUT2D eigenvalue weighted by Gasteiger charge is -2.36. The first kappa shape index (κ1) is 24.2. The second-order valence-corrected chi connectivity index (χ2v) is 8.40. The third-order valence-electron chi connectivity index (χ3n) is 5.69. The largest absolute Gasteiger partial charge is 0.457 e. The molecule has 0 aliphatic carbocycles. The minimum Gasteiger partial charge on any atom is -0.457 e. The van der Waals surface area contributed by atoms with E-state index in [0.717, 1.165) is 6.07 Å². The van der Waals surface area contributed by atoms with Gasteiger partial charge in [-0.15, -0.1) is 0 Å². The Labute approximate surface area is 215 Å². The van der Waals surface area contributed by atoms with Crippen LogP contribution in [0.25, 0.3) is 17.4 Å². The number of benzene rings is 3. The van der Waals surface area contributed by atoms with Crippen LogP contribution >= 0.6 is 12.2 Å². The minimum absolute atomic E-state index is 0.0243. The van der Waals surface area contributed by atoms with Gasteiger partial charge < -0.3 is 4.42 Å². The van der Waals surface area contributed by atoms with Crippen LogP contribution < -0.4 is 9.80 Å². The Kier molecular flexibility index (Phi) is 6.22. The van der Waals surface area contributed by atoms with Gasteiger partial charge in [0.25, 0.3) is 11.8 Å². The maximum Gasteiger partial charge on any atom is 0.417 e. The van der Waals surface area contributed by atoms with Gasteiger partial charge in [-0.05, 0) is 60.8 Å². The summed E-state index contributed by atoms with van der Waals surface area (Å²) in [6.45, 7) is 0. The van der Waals surface area contributed by atoms with Crippen molar-refractivity contribution in [3.8, 4) is 11.3 Å². The maximum absolute atomic E-state index is 13.5. The predicted octanol–water partition coefficient (Wildman–Crippen LogP) is 6.71. The molecular formula is C28H17F3N2O3S. The zero-order valence-electron chi connectivity index (χ0n) is 19.0. The molecule has 0 spiro atoms. The molecule has 2 heterocycles. The molecule has 4 aromatic rings. The van der Waals surface area contributed by atoms with E-state index in [2.05, 4.69) is 0 Å². The highest BCUT2D eigenvalue weighted by atomic mass is 32.1. The van der Waals surface area contributed by atoms with Crippen LogP contribution in [-0.2, 0) is 15.8 Å². The molecular weight excluding hydrogens is 501 g/mol. The van der Waals surface area contributed by atoms with Crippen molar-refractivity contribution in [3.63, 3.8) is 0 Å². The summed E-state index contributed by atoms with van der Waals surface area (Å²) in [6, 6.07) is 25.0. The lowest BCUT2D eigenvalue weighted by Crippen LogP contribution is -2.56. The Hall–Kier alpha value is -4.50. The first-order chi connectivity index (χ1) is 17.8. The van der Waals surface area contributed by atoms with Crippen LogP contribution in [0.1, 0.15) is 11.3 Å². The zero-order chi connectivity index (χ0) is 26.2. The number of carbonyl (C=O) groups excluding carboxylic acids is 2. The summed E-state index contributed by atoms with van der Waals surface area (Å²) >= 11 is 5.55. The number of furan rings is 1. The summed E-state index contributed by atoms with van der Waals surface area (Å²) in [4.78, 5) is 29.5. The fourth-order valence-corrected chi connectivity index (χ4v) is 4.38. The quantitative estimate of drug-likeness (QED) is 0.171. The molecule has 1 aliphatic rings. The number of halogens is 3. The Morgan fingerprint density at radius 3 is 1.76 bits per heavy atom. The molecule has 5 rings (SSSR count). The van der Waals surface area contributed by atoms with Crippen molar-refractivity contribution in [2.75, 3.05) is 9.80 Å². The van der Waals surface area contributed by atoms with E-state index in [1.807, 2.05) is 0 Å². The molecule has 184 valence electrons. The van der Waals surface area contributed by atoms with Gasteiger partial charge in [-0.1, -0.05) is 54.6 Å². The van der Waals surface area contributed by atoms with Crippen LogP contribution in [0.2, 0.25) is 0 Å². The average molecular weight is 519 g/mol. The van der Waals surface area contributed by atoms with Crippen LogP contribution in [0.3, 0.4) is 0 Å². The summed E-state index contributed by atoms with van der Waals surface area (Å²) in [5.41, 5.74) is -0.360. The van der Waals surface area contributed by atoms with Gasteiger partial charge in [-0.3, -0.25) is 19.4 Å². The number of carbonyl (C=O) groups is 2. The molecule has 0 radical (unpaired) electrons. The minimum atomic E-state index is -4.58. The number of hydrogen-bond donors (Lipinski definition) is 0. The fourth-order valence-electron chi connectivity index (χ4n) is 4.00. The second-order valence-electron chi connectivity index (χ2n) is 8.04. The number of thiocarbonyl (C=S) groups is 1. The van der Waals surface area contributed by atoms with Crippen LogP contribution in [0.5, 0.6) is 0 Å². The topological polar surface area (TPSA) is 53.8 Å². The van der Waals surface area contributed by atoms with Crippen molar-refractivity contribution in [3.05, 3.63) is 114 Å². The van der Waals surface area contributed by atoms with Gasteiger partial charge in [-0.25, -0.2) is 0 Å². The van der Waals surface area contributed by atoms with Crippen molar-refractivity contribution < 1.29 is 27.2 Å². The summed E-state index contributed by atoms with van der Waals surface area (Å²) in [6.07, 6.45) is -3.36. The number of para-hydroxylation sites is 2. The predicted molar refractivity (Wildman–Crippen MR) is 138 cm³/mol. The Bertz CT molecular complexity index is 1470. The van der Waals surface area contributed by atoms with E-state index >= 15 is 0 Å². The summed E-state index contributed by atoms with van der Waals surface area (Å²) in [5.74, 6) is -1.37. The Morgan fingerprint density at radius 1 is 0.703 bits per heavy atom. The highest BCUT2D eigenvalue weighted by molar-refractivity contribution is 7.81. The number of hydrogen-bond acceptors (Lipinski definition) is 4. The van der Waals surface area contributed by atoms with Crippen LogP contribution in [-0.4, -0.2) is 16.9 Å². The van der Waals surface area contributed by atoms with Crippen molar-refractivity contribution in [2.24, 2.45) is 0 Å². The number of rotatable bonds is 4. The molecule has 1 saturated heterocycles. The van der Waals surface area contributed by atoms with Crippen molar-refractivity contribution in [2.45, 2.75) is 6.18 Å². The number of anilines is 2. The van der Waals surface area contributed by atoms with Gasteiger partial charge in [-0.2, -0.15) is 13.2 Å². The van der Waals surface area contributed by atoms with Crippen LogP contribution in [0.15, 0.2) is 107 Å². The first-order valence-electron chi connectivity index (χ1n) is 11.1. The molecule has 2 amide bonds. The molecule has 1 fully saturated rings. The molecule has 0 atom stereocenters. The molecule has 1 aromatic heterocycles. The lowest BCUT2D eigenvalue weighted by atomic mass is 10.1. The van der Waals surface area contributed by atoms with Crippen LogP contribution in [0, 0.1) is 0 Å². The number of amides is 2. The van der Waals surface area contributed by atoms with E-state index < -0.39 is 23.6 Å². The standard InChI is InChI=1S/C28H17F3N2O3S/c29-28(30,31)23-14-8-7-13-21(23)24-16-15-20(36-24)17-22-25(34)32(18-9-3-1-4-10-18)27(37)33(26(22)35)19-11-5-2-6-12-19/h1-17H. The molecule has 5 nitrogen and oxygen atoms in total. The van der Waals surface area contributed by atoms with E-state index in [0.29, 0.717) is 11.4 Å². The number of alkyl halides is 3. The van der Waals surface area contributed by atoms with Gasteiger partial charge in [0.2, 0.25) is 0 Å².